The van der Waals surface area contributed by atoms with Gasteiger partial charge in [0.05, 0.1) is 17.1 Å². The van der Waals surface area contributed by atoms with Crippen molar-refractivity contribution < 1.29 is 27.5 Å². The van der Waals surface area contributed by atoms with E-state index in [0.29, 0.717) is 11.3 Å². The minimum atomic E-state index is -3.02. The Balaban J connectivity index is 2.05. The second kappa shape index (κ2) is 8.54. The van der Waals surface area contributed by atoms with Gasteiger partial charge in [-0.3, -0.25) is 10.1 Å². The first-order valence-corrected chi connectivity index (χ1v) is 10.6. The molecular weight excluding hydrogens is 380 g/mol. The first-order chi connectivity index (χ1) is 12.2. The van der Waals surface area contributed by atoms with E-state index < -0.39 is 33.8 Å². The summed E-state index contributed by atoms with van der Waals surface area (Å²) >= 11 is 1.31. The molecule has 1 heterocycles. The van der Waals surface area contributed by atoms with Gasteiger partial charge in [-0.05, 0) is 25.5 Å². The van der Waals surface area contributed by atoms with E-state index in [4.69, 9.17) is 4.74 Å². The molecule has 1 aromatic rings. The van der Waals surface area contributed by atoms with Crippen LogP contribution in [0.15, 0.2) is 29.2 Å². The summed E-state index contributed by atoms with van der Waals surface area (Å²) in [4.78, 5) is 35.9. The van der Waals surface area contributed by atoms with Gasteiger partial charge in [0.25, 0.3) is 5.91 Å². The highest BCUT2D eigenvalue weighted by molar-refractivity contribution is 8.02. The molecule has 142 valence electrons. The molecule has 0 aliphatic carbocycles. The van der Waals surface area contributed by atoms with Gasteiger partial charge in [0.2, 0.25) is 0 Å². The molecule has 2 rings (SSSR count). The van der Waals surface area contributed by atoms with Crippen LogP contribution in [-0.4, -0.2) is 56.2 Å². The predicted molar refractivity (Wildman–Crippen MR) is 96.8 cm³/mol. The van der Waals surface area contributed by atoms with Gasteiger partial charge in [0.1, 0.15) is 0 Å². The van der Waals surface area contributed by atoms with Crippen molar-refractivity contribution >= 4 is 39.5 Å². The molecule has 2 atom stereocenters. The van der Waals surface area contributed by atoms with Gasteiger partial charge < -0.3 is 10.1 Å². The van der Waals surface area contributed by atoms with Gasteiger partial charge in [-0.1, -0.05) is 12.1 Å². The lowest BCUT2D eigenvalue weighted by atomic mass is 10.2. The number of carbonyl (C=O) groups is 3. The average Bonchev–Trinajstić information content (AvgIpc) is 2.93. The third-order valence-corrected chi connectivity index (χ3v) is 7.03. The molecule has 0 spiro atoms. The summed E-state index contributed by atoms with van der Waals surface area (Å²) in [5.74, 6) is -1.24. The molecule has 0 radical (unpaired) electrons. The second-order valence-corrected chi connectivity index (χ2v) is 9.33. The number of thioether (sulfide) groups is 1. The first-order valence-electron chi connectivity index (χ1n) is 7.91. The van der Waals surface area contributed by atoms with Gasteiger partial charge in [0.15, 0.2) is 15.9 Å². The molecule has 0 aromatic heterocycles. The Kier molecular flexibility index (Phi) is 6.65. The molecule has 0 unspecified atom stereocenters. The number of ether oxygens (including phenoxy) is 1. The summed E-state index contributed by atoms with van der Waals surface area (Å²) in [6, 6.07) is 5.96. The van der Waals surface area contributed by atoms with Crippen LogP contribution in [0.1, 0.15) is 23.7 Å². The van der Waals surface area contributed by atoms with E-state index in [1.807, 2.05) is 5.32 Å². The number of hydrogen-bond donors (Lipinski definition) is 2. The molecule has 2 N–H and O–H groups in total. The molecule has 26 heavy (non-hydrogen) atoms. The zero-order chi connectivity index (χ0) is 19.3. The zero-order valence-corrected chi connectivity index (χ0v) is 16.0. The molecule has 1 saturated heterocycles. The second-order valence-electron chi connectivity index (χ2n) is 5.75. The number of imide groups is 1. The summed E-state index contributed by atoms with van der Waals surface area (Å²) in [6.07, 6.45) is -0.633. The van der Waals surface area contributed by atoms with E-state index in [-0.39, 0.29) is 22.3 Å². The Hall–Kier alpha value is -2.07. The highest BCUT2D eigenvalue weighted by Crippen LogP contribution is 2.33. The fraction of sp³-hybridized carbons (Fsp3) is 0.438. The monoisotopic (exact) mass is 400 g/mol. The SMILES string of the molecule is CNC(=O)NC(=O)[C@H](C)OC(=O)c1ccccc1S[C@@H]1CCS(=O)(=O)C1. The highest BCUT2D eigenvalue weighted by Gasteiger charge is 2.30. The predicted octanol–water partition coefficient (Wildman–Crippen LogP) is 0.967. The van der Waals surface area contributed by atoms with Crippen molar-refractivity contribution in [1.29, 1.82) is 0 Å². The number of benzene rings is 1. The maximum absolute atomic E-state index is 12.4. The van der Waals surface area contributed by atoms with Crippen LogP contribution in [0.5, 0.6) is 0 Å². The molecule has 1 fully saturated rings. The number of sulfone groups is 1. The van der Waals surface area contributed by atoms with Crippen molar-refractivity contribution in [3.05, 3.63) is 29.8 Å². The number of carbonyl (C=O) groups excluding carboxylic acids is 3. The van der Waals surface area contributed by atoms with E-state index in [9.17, 15) is 22.8 Å². The van der Waals surface area contributed by atoms with Crippen LogP contribution in [0.2, 0.25) is 0 Å². The standard InChI is InChI=1S/C16H20N2O6S2/c1-10(14(19)18-16(21)17-2)24-15(20)12-5-3-4-6-13(12)25-11-7-8-26(22,23)9-11/h3-6,10-11H,7-9H2,1-2H3,(H2,17,18,19,21)/t10-,11+/m0/s1. The van der Waals surface area contributed by atoms with Gasteiger partial charge in [-0.15, -0.1) is 11.8 Å². The van der Waals surface area contributed by atoms with Crippen molar-refractivity contribution in [2.75, 3.05) is 18.6 Å². The minimum Gasteiger partial charge on any atom is -0.449 e. The molecule has 3 amide bonds. The lowest BCUT2D eigenvalue weighted by Crippen LogP contribution is -2.43. The Morgan fingerprint density at radius 3 is 2.58 bits per heavy atom. The van der Waals surface area contributed by atoms with Gasteiger partial charge in [-0.25, -0.2) is 18.0 Å². The van der Waals surface area contributed by atoms with Gasteiger partial charge in [0, 0.05) is 17.2 Å². The normalized spacial score (nSPS) is 19.4. The van der Waals surface area contributed by atoms with Gasteiger partial charge in [-0.2, -0.15) is 0 Å². The topological polar surface area (TPSA) is 119 Å². The quantitative estimate of drug-likeness (QED) is 0.707. The van der Waals surface area contributed by atoms with E-state index in [0.717, 1.165) is 0 Å². The maximum Gasteiger partial charge on any atom is 0.340 e. The molecule has 8 nitrogen and oxygen atoms in total. The van der Waals surface area contributed by atoms with Crippen LogP contribution < -0.4 is 10.6 Å². The lowest BCUT2D eigenvalue weighted by molar-refractivity contribution is -0.127. The Morgan fingerprint density at radius 2 is 1.96 bits per heavy atom. The van der Waals surface area contributed by atoms with E-state index in [1.54, 1.807) is 24.3 Å². The van der Waals surface area contributed by atoms with E-state index in [2.05, 4.69) is 5.32 Å². The number of hydrogen-bond acceptors (Lipinski definition) is 7. The van der Waals surface area contributed by atoms with E-state index >= 15 is 0 Å². The Bertz CT molecular complexity index is 809. The fourth-order valence-electron chi connectivity index (χ4n) is 2.33. The van der Waals surface area contributed by atoms with Crippen LogP contribution in [-0.2, 0) is 19.4 Å². The summed E-state index contributed by atoms with van der Waals surface area (Å²) in [5, 5.41) is 4.14. The molecule has 1 aromatic carbocycles. The fourth-order valence-corrected chi connectivity index (χ4v) is 5.94. The molecule has 1 aliphatic rings. The van der Waals surface area contributed by atoms with Crippen LogP contribution in [0, 0.1) is 0 Å². The smallest absolute Gasteiger partial charge is 0.340 e. The van der Waals surface area contributed by atoms with Crippen LogP contribution >= 0.6 is 11.8 Å². The minimum absolute atomic E-state index is 0.0754. The third-order valence-electron chi connectivity index (χ3n) is 3.71. The largest absolute Gasteiger partial charge is 0.449 e. The molecule has 0 saturated carbocycles. The Morgan fingerprint density at radius 1 is 1.27 bits per heavy atom. The summed E-state index contributed by atoms with van der Waals surface area (Å²) < 4.78 is 28.3. The highest BCUT2D eigenvalue weighted by atomic mass is 32.2. The molecule has 0 bridgehead atoms. The number of nitrogens with one attached hydrogen (secondary N) is 2. The van der Waals surface area contributed by atoms with Crippen LogP contribution in [0.25, 0.3) is 0 Å². The average molecular weight is 400 g/mol. The number of amides is 3. The molecule has 1 aliphatic heterocycles. The van der Waals surface area contributed by atoms with E-state index in [1.165, 1.54) is 25.7 Å². The summed E-state index contributed by atoms with van der Waals surface area (Å²) in [7, 11) is -1.66. The number of rotatable bonds is 5. The first kappa shape index (κ1) is 20.2. The number of urea groups is 1. The molecule has 10 heteroatoms. The van der Waals surface area contributed by atoms with Crippen molar-refractivity contribution in [2.24, 2.45) is 0 Å². The van der Waals surface area contributed by atoms with Gasteiger partial charge >= 0.3 is 12.0 Å². The summed E-state index contributed by atoms with van der Waals surface area (Å²) in [5.41, 5.74) is 0.251. The van der Waals surface area contributed by atoms with Crippen molar-refractivity contribution in [2.45, 2.75) is 29.6 Å². The summed E-state index contributed by atoms with van der Waals surface area (Å²) in [6.45, 7) is 1.36. The van der Waals surface area contributed by atoms with Crippen molar-refractivity contribution in [3.63, 3.8) is 0 Å². The third kappa shape index (κ3) is 5.46. The zero-order valence-electron chi connectivity index (χ0n) is 14.4. The lowest BCUT2D eigenvalue weighted by Gasteiger charge is -2.15. The number of esters is 1. The Labute approximate surface area is 156 Å². The maximum atomic E-state index is 12.4. The van der Waals surface area contributed by atoms with Crippen LogP contribution in [0.4, 0.5) is 4.79 Å². The molecular formula is C16H20N2O6S2. The van der Waals surface area contributed by atoms with Crippen LogP contribution in [0.3, 0.4) is 0 Å². The van der Waals surface area contributed by atoms with Crippen molar-refractivity contribution in [1.82, 2.24) is 10.6 Å². The van der Waals surface area contributed by atoms with Crippen molar-refractivity contribution in [3.8, 4) is 0 Å².